The Morgan fingerprint density at radius 1 is 0.846 bits per heavy atom. The van der Waals surface area contributed by atoms with E-state index in [0.717, 1.165) is 17.6 Å². The number of quaternary nitrogens is 2. The Labute approximate surface area is 163 Å². The minimum Gasteiger partial charge on any atom is -0.456 e. The first-order chi connectivity index (χ1) is 12.2. The van der Waals surface area contributed by atoms with Crippen LogP contribution < -0.4 is 4.90 Å². The fourth-order valence-corrected chi connectivity index (χ4v) is 3.05. The molecule has 0 saturated heterocycles. The summed E-state index contributed by atoms with van der Waals surface area (Å²) in [5.74, 6) is -0.274. The van der Waals surface area contributed by atoms with Crippen molar-refractivity contribution < 1.29 is 18.9 Å². The predicted octanol–water partition coefficient (Wildman–Crippen LogP) is 3.23. The minimum absolute atomic E-state index is 0.274. The van der Waals surface area contributed by atoms with Crippen molar-refractivity contribution in [3.05, 3.63) is 12.2 Å². The topological polar surface area (TPSA) is 30.7 Å². The van der Waals surface area contributed by atoms with Crippen molar-refractivity contribution in [3.63, 3.8) is 0 Å². The maximum absolute atomic E-state index is 11.4. The first kappa shape index (κ1) is 25.1. The monoisotopic (exact) mass is 370 g/mol. The Bertz CT molecular complexity index is 378. The van der Waals surface area contributed by atoms with Crippen LogP contribution in [0.2, 0.25) is 0 Å². The zero-order valence-electron chi connectivity index (χ0n) is 18.4. The van der Waals surface area contributed by atoms with Crippen molar-refractivity contribution in [2.45, 2.75) is 71.1 Å². The molecule has 0 aliphatic heterocycles. The van der Waals surface area contributed by atoms with Gasteiger partial charge in [-0.05, 0) is 32.6 Å². The number of hydrogen-bond donors (Lipinski definition) is 1. The molecule has 0 aromatic rings. The number of unbranched alkanes of at least 4 members (excludes halogenated alkanes) is 9. The van der Waals surface area contributed by atoms with Gasteiger partial charge < -0.3 is 14.1 Å². The maximum atomic E-state index is 11.4. The molecule has 0 saturated carbocycles. The molecule has 0 bridgehead atoms. The molecule has 154 valence electrons. The van der Waals surface area contributed by atoms with Gasteiger partial charge in [-0.2, -0.15) is 0 Å². The van der Waals surface area contributed by atoms with E-state index in [9.17, 15) is 4.79 Å². The number of hydrogen-bond acceptors (Lipinski definition) is 2. The highest BCUT2D eigenvalue weighted by molar-refractivity contribution is 5.86. The van der Waals surface area contributed by atoms with Crippen molar-refractivity contribution in [2.75, 3.05) is 54.4 Å². The minimum atomic E-state index is -0.274. The van der Waals surface area contributed by atoms with Gasteiger partial charge >= 0.3 is 5.97 Å². The van der Waals surface area contributed by atoms with Crippen LogP contribution in [0.15, 0.2) is 12.2 Å². The normalized spacial score (nSPS) is 11.8. The van der Waals surface area contributed by atoms with Crippen LogP contribution in [0, 0.1) is 0 Å². The van der Waals surface area contributed by atoms with Crippen molar-refractivity contribution in [1.82, 2.24) is 0 Å². The van der Waals surface area contributed by atoms with Crippen LogP contribution in [-0.2, 0) is 9.53 Å². The number of carbonyl (C=O) groups excluding carboxylic acids is 1. The number of esters is 1. The zero-order chi connectivity index (χ0) is 19.8. The Morgan fingerprint density at radius 2 is 1.31 bits per heavy atom. The summed E-state index contributed by atoms with van der Waals surface area (Å²) in [4.78, 5) is 13.0. The molecule has 0 spiro atoms. The second-order valence-electron chi connectivity index (χ2n) is 8.79. The number of rotatable bonds is 17. The van der Waals surface area contributed by atoms with Crippen LogP contribution in [0.3, 0.4) is 0 Å². The largest absolute Gasteiger partial charge is 0.456 e. The van der Waals surface area contributed by atoms with Gasteiger partial charge in [-0.3, -0.25) is 0 Å². The van der Waals surface area contributed by atoms with Crippen LogP contribution in [-0.4, -0.2) is 64.9 Å². The zero-order valence-corrected chi connectivity index (χ0v) is 18.4. The van der Waals surface area contributed by atoms with E-state index in [2.05, 4.69) is 34.8 Å². The molecule has 0 rings (SSSR count). The van der Waals surface area contributed by atoms with E-state index in [4.69, 9.17) is 4.74 Å². The summed E-state index contributed by atoms with van der Waals surface area (Å²) in [5, 5.41) is 0. The first-order valence-electron chi connectivity index (χ1n) is 10.7. The molecule has 0 aliphatic carbocycles. The second-order valence-corrected chi connectivity index (χ2v) is 8.79. The Kier molecular flexibility index (Phi) is 14.7. The van der Waals surface area contributed by atoms with E-state index >= 15 is 0 Å². The summed E-state index contributed by atoms with van der Waals surface area (Å²) in [7, 11) is 8.90. The molecule has 0 radical (unpaired) electrons. The lowest BCUT2D eigenvalue weighted by Gasteiger charge is -2.29. The predicted molar refractivity (Wildman–Crippen MR) is 111 cm³/mol. The third-order valence-corrected chi connectivity index (χ3v) is 4.97. The molecule has 0 amide bonds. The lowest BCUT2D eigenvalue weighted by molar-refractivity contribution is -0.890. The standard InChI is InChI=1S/C22H45N2O2/c1-21(2)22(25)26-20-19-24(5,6)18-16-14-12-10-8-7-9-11-13-15-17-23(3)4/h1,7-20H2,2-6H3/q+1/p+1. The van der Waals surface area contributed by atoms with Crippen LogP contribution in [0.1, 0.15) is 71.1 Å². The van der Waals surface area contributed by atoms with E-state index in [1.54, 1.807) is 11.8 Å². The van der Waals surface area contributed by atoms with Gasteiger partial charge in [0.15, 0.2) is 0 Å². The highest BCUT2D eigenvalue weighted by Gasteiger charge is 2.15. The highest BCUT2D eigenvalue weighted by Crippen LogP contribution is 2.11. The summed E-state index contributed by atoms with van der Waals surface area (Å²) in [6, 6.07) is 0. The summed E-state index contributed by atoms with van der Waals surface area (Å²) < 4.78 is 6.12. The van der Waals surface area contributed by atoms with Crippen molar-refractivity contribution in [1.29, 1.82) is 0 Å². The Morgan fingerprint density at radius 3 is 1.77 bits per heavy atom. The molecule has 4 nitrogen and oxygen atoms in total. The van der Waals surface area contributed by atoms with Gasteiger partial charge in [0, 0.05) is 5.57 Å². The summed E-state index contributed by atoms with van der Waals surface area (Å²) in [6.45, 7) is 9.11. The van der Waals surface area contributed by atoms with Gasteiger partial charge in [0.1, 0.15) is 13.2 Å². The molecule has 0 atom stereocenters. The number of carbonyl (C=O) groups is 1. The Hall–Kier alpha value is -0.870. The second kappa shape index (κ2) is 15.2. The molecule has 26 heavy (non-hydrogen) atoms. The molecule has 0 unspecified atom stereocenters. The van der Waals surface area contributed by atoms with Gasteiger partial charge in [-0.15, -0.1) is 0 Å². The molecule has 0 aromatic heterocycles. The maximum Gasteiger partial charge on any atom is 0.333 e. The average Bonchev–Trinajstić information content (AvgIpc) is 2.55. The molecule has 0 heterocycles. The van der Waals surface area contributed by atoms with Crippen molar-refractivity contribution in [3.8, 4) is 0 Å². The third-order valence-electron chi connectivity index (χ3n) is 4.97. The number of nitrogens with zero attached hydrogens (tertiary/aromatic N) is 1. The SMILES string of the molecule is C=C(C)C(=O)OCC[N+](C)(C)CCCCCCCCCCCC[NH+](C)C. The third kappa shape index (κ3) is 16.6. The van der Waals surface area contributed by atoms with Gasteiger partial charge in [0.05, 0.1) is 41.3 Å². The number of ether oxygens (including phenoxy) is 1. The van der Waals surface area contributed by atoms with Gasteiger partial charge in [-0.25, -0.2) is 4.79 Å². The highest BCUT2D eigenvalue weighted by atomic mass is 16.5. The van der Waals surface area contributed by atoms with Gasteiger partial charge in [0.2, 0.25) is 0 Å². The van der Waals surface area contributed by atoms with E-state index in [0.29, 0.717) is 12.2 Å². The summed E-state index contributed by atoms with van der Waals surface area (Å²) >= 11 is 0. The lowest BCUT2D eigenvalue weighted by atomic mass is 10.1. The van der Waals surface area contributed by atoms with Crippen molar-refractivity contribution >= 4 is 5.97 Å². The summed E-state index contributed by atoms with van der Waals surface area (Å²) in [5.41, 5.74) is 0.477. The van der Waals surface area contributed by atoms with Crippen LogP contribution >= 0.6 is 0 Å². The average molecular weight is 371 g/mol. The van der Waals surface area contributed by atoms with E-state index in [-0.39, 0.29) is 5.97 Å². The van der Waals surface area contributed by atoms with Crippen LogP contribution in [0.4, 0.5) is 0 Å². The molecule has 4 heteroatoms. The fourth-order valence-electron chi connectivity index (χ4n) is 3.05. The quantitative estimate of drug-likeness (QED) is 0.184. The molecular weight excluding hydrogens is 324 g/mol. The number of likely N-dealkylation sites (N-methyl/N-ethyl adjacent to an activating group) is 1. The lowest BCUT2D eigenvalue weighted by Crippen LogP contribution is -3.05. The fraction of sp³-hybridized carbons (Fsp3) is 0.864. The first-order valence-corrected chi connectivity index (χ1v) is 10.7. The Balaban J connectivity index is 3.42. The molecule has 1 N–H and O–H groups in total. The summed E-state index contributed by atoms with van der Waals surface area (Å²) in [6.07, 6.45) is 13.7. The number of nitrogens with one attached hydrogen (secondary N) is 1. The molecular formula is C22H46N2O2+2. The molecule has 0 fully saturated rings. The van der Waals surface area contributed by atoms with Crippen LogP contribution in [0.5, 0.6) is 0 Å². The smallest absolute Gasteiger partial charge is 0.333 e. The van der Waals surface area contributed by atoms with E-state index < -0.39 is 0 Å². The van der Waals surface area contributed by atoms with Gasteiger partial charge in [0.25, 0.3) is 0 Å². The van der Waals surface area contributed by atoms with Crippen LogP contribution in [0.25, 0.3) is 0 Å². The molecule has 0 aromatic carbocycles. The van der Waals surface area contributed by atoms with Gasteiger partial charge in [-0.1, -0.05) is 45.1 Å². The van der Waals surface area contributed by atoms with Crippen molar-refractivity contribution in [2.24, 2.45) is 0 Å². The molecule has 0 aliphatic rings. The van der Waals surface area contributed by atoms with E-state index in [1.165, 1.54) is 70.8 Å². The van der Waals surface area contributed by atoms with E-state index in [1.807, 2.05) is 0 Å².